The highest BCUT2D eigenvalue weighted by Crippen LogP contribution is 2.22. The van der Waals surface area contributed by atoms with Gasteiger partial charge < -0.3 is 4.42 Å². The molecule has 0 amide bonds. The number of carbonyl (C=O) groups excluding carboxylic acids is 1. The first kappa shape index (κ1) is 14.3. The monoisotopic (exact) mass is 307 g/mol. The van der Waals surface area contributed by atoms with Gasteiger partial charge in [-0.2, -0.15) is 0 Å². The highest BCUT2D eigenvalue weighted by Gasteiger charge is 2.31. The van der Waals surface area contributed by atoms with Crippen molar-refractivity contribution in [3.63, 3.8) is 0 Å². The van der Waals surface area contributed by atoms with Crippen molar-refractivity contribution >= 4 is 26.6 Å². The first-order chi connectivity index (χ1) is 9.96. The van der Waals surface area contributed by atoms with Gasteiger partial charge in [0.25, 0.3) is 0 Å². The molecule has 1 aromatic carbocycles. The van der Waals surface area contributed by atoms with Gasteiger partial charge in [-0.15, -0.1) is 0 Å². The molecular weight excluding hydrogens is 290 g/mol. The summed E-state index contributed by atoms with van der Waals surface area (Å²) in [6, 6.07) is 7.32. The number of sulfone groups is 1. The lowest BCUT2D eigenvalue weighted by atomic mass is 10.1. The number of hydrogen-bond donors (Lipinski definition) is 0. The minimum Gasteiger partial charge on any atom is -0.464 e. The van der Waals surface area contributed by atoms with Crippen molar-refractivity contribution in [2.24, 2.45) is 0 Å². The van der Waals surface area contributed by atoms with Gasteiger partial charge in [0.2, 0.25) is 0 Å². The lowest BCUT2D eigenvalue weighted by molar-refractivity contribution is 0.0927. The van der Waals surface area contributed by atoms with Crippen LogP contribution in [0.4, 0.5) is 0 Å². The van der Waals surface area contributed by atoms with Crippen LogP contribution in [0, 0.1) is 0 Å². The lowest BCUT2D eigenvalue weighted by Gasteiger charge is -2.21. The van der Waals surface area contributed by atoms with Crippen LogP contribution in [0.15, 0.2) is 34.9 Å². The third-order valence-electron chi connectivity index (χ3n) is 4.01. The van der Waals surface area contributed by atoms with E-state index < -0.39 is 9.84 Å². The molecule has 3 rings (SSSR count). The molecule has 2 aromatic rings. The van der Waals surface area contributed by atoms with Gasteiger partial charge in [-0.25, -0.2) is 8.42 Å². The minimum absolute atomic E-state index is 0.0493. The second-order valence-electron chi connectivity index (χ2n) is 5.54. The molecule has 0 bridgehead atoms. The van der Waals surface area contributed by atoms with E-state index in [1.54, 1.807) is 7.05 Å². The van der Waals surface area contributed by atoms with Crippen LogP contribution in [0.2, 0.25) is 0 Å². The number of furan rings is 1. The summed E-state index contributed by atoms with van der Waals surface area (Å²) in [5, 5.41) is 0.801. The maximum Gasteiger partial charge on any atom is 0.180 e. The molecule has 2 heterocycles. The van der Waals surface area contributed by atoms with E-state index in [9.17, 15) is 13.2 Å². The number of benzene rings is 1. The van der Waals surface area contributed by atoms with Crippen molar-refractivity contribution in [1.82, 2.24) is 4.90 Å². The molecule has 1 unspecified atom stereocenters. The number of ketones is 1. The average molecular weight is 307 g/mol. The minimum atomic E-state index is -2.94. The van der Waals surface area contributed by atoms with Crippen molar-refractivity contribution in [3.8, 4) is 0 Å². The number of likely N-dealkylation sites (N-methyl/N-ethyl adjacent to an activating group) is 1. The van der Waals surface area contributed by atoms with Crippen LogP contribution in [0.1, 0.15) is 16.8 Å². The Hall–Kier alpha value is -1.66. The maximum atomic E-state index is 12.4. The molecular formula is C15H17NO4S. The SMILES string of the molecule is CN(CC(=O)c1coc2ccccc12)C1CCS(=O)(=O)C1. The summed E-state index contributed by atoms with van der Waals surface area (Å²) in [5.74, 6) is 0.306. The molecule has 112 valence electrons. The van der Waals surface area contributed by atoms with Gasteiger partial charge in [-0.05, 0) is 19.5 Å². The van der Waals surface area contributed by atoms with E-state index in [4.69, 9.17) is 4.42 Å². The van der Waals surface area contributed by atoms with Gasteiger partial charge in [0.05, 0.1) is 23.6 Å². The highest BCUT2D eigenvalue weighted by atomic mass is 32.2. The van der Waals surface area contributed by atoms with Crippen LogP contribution >= 0.6 is 0 Å². The zero-order valence-corrected chi connectivity index (χ0v) is 12.6. The third kappa shape index (κ3) is 2.87. The Morgan fingerprint density at radius 2 is 2.14 bits per heavy atom. The predicted molar refractivity (Wildman–Crippen MR) is 80.2 cm³/mol. The van der Waals surface area contributed by atoms with E-state index in [0.717, 1.165) is 5.39 Å². The molecule has 0 radical (unpaired) electrons. The standard InChI is InChI=1S/C15H17NO4S/c1-16(11-6-7-21(18,19)10-11)8-14(17)13-9-20-15-5-3-2-4-12(13)15/h2-5,9,11H,6-8,10H2,1H3. The van der Waals surface area contributed by atoms with Gasteiger partial charge in [0, 0.05) is 11.4 Å². The number of nitrogens with zero attached hydrogens (tertiary/aromatic N) is 1. The molecule has 1 atom stereocenters. The summed E-state index contributed by atoms with van der Waals surface area (Å²) >= 11 is 0. The summed E-state index contributed by atoms with van der Waals surface area (Å²) < 4.78 is 28.4. The van der Waals surface area contributed by atoms with Crippen LogP contribution in [0.3, 0.4) is 0 Å². The van der Waals surface area contributed by atoms with Gasteiger partial charge in [0.1, 0.15) is 11.8 Å². The Bertz CT molecular complexity index is 778. The molecule has 0 saturated carbocycles. The van der Waals surface area contributed by atoms with E-state index in [1.165, 1.54) is 6.26 Å². The van der Waals surface area contributed by atoms with Crippen LogP contribution < -0.4 is 0 Å². The Morgan fingerprint density at radius 3 is 2.86 bits per heavy atom. The molecule has 0 spiro atoms. The molecule has 1 fully saturated rings. The maximum absolute atomic E-state index is 12.4. The van der Waals surface area contributed by atoms with Crippen molar-refractivity contribution in [2.45, 2.75) is 12.5 Å². The lowest BCUT2D eigenvalue weighted by Crippen LogP contribution is -2.36. The van der Waals surface area contributed by atoms with E-state index in [-0.39, 0.29) is 29.9 Å². The number of para-hydroxylation sites is 1. The van der Waals surface area contributed by atoms with Crippen LogP contribution in [-0.4, -0.2) is 50.2 Å². The van der Waals surface area contributed by atoms with Crippen molar-refractivity contribution in [2.75, 3.05) is 25.1 Å². The predicted octanol–water partition coefficient (Wildman–Crippen LogP) is 1.73. The molecule has 1 aliphatic heterocycles. The molecule has 0 N–H and O–H groups in total. The summed E-state index contributed by atoms with van der Waals surface area (Å²) in [7, 11) is -1.14. The summed E-state index contributed by atoms with van der Waals surface area (Å²) in [6.45, 7) is 0.198. The first-order valence-electron chi connectivity index (χ1n) is 6.86. The fourth-order valence-electron chi connectivity index (χ4n) is 2.76. The molecule has 0 aliphatic carbocycles. The van der Waals surface area contributed by atoms with E-state index in [0.29, 0.717) is 17.6 Å². The van der Waals surface area contributed by atoms with Gasteiger partial charge in [-0.1, -0.05) is 18.2 Å². The van der Waals surface area contributed by atoms with Gasteiger partial charge in [-0.3, -0.25) is 9.69 Å². The Labute approximate surface area is 123 Å². The van der Waals surface area contributed by atoms with Crippen LogP contribution in [0.25, 0.3) is 11.0 Å². The normalized spacial score (nSPS) is 21.1. The van der Waals surface area contributed by atoms with E-state index >= 15 is 0 Å². The number of fused-ring (bicyclic) bond motifs is 1. The van der Waals surface area contributed by atoms with Crippen LogP contribution in [0.5, 0.6) is 0 Å². The van der Waals surface area contributed by atoms with E-state index in [1.807, 2.05) is 29.2 Å². The Morgan fingerprint density at radius 1 is 1.38 bits per heavy atom. The largest absolute Gasteiger partial charge is 0.464 e. The quantitative estimate of drug-likeness (QED) is 0.805. The third-order valence-corrected chi connectivity index (χ3v) is 5.76. The molecule has 6 heteroatoms. The molecule has 1 aliphatic rings. The topological polar surface area (TPSA) is 67.6 Å². The average Bonchev–Trinajstić information content (AvgIpc) is 3.01. The second-order valence-corrected chi connectivity index (χ2v) is 7.77. The summed E-state index contributed by atoms with van der Waals surface area (Å²) in [6.07, 6.45) is 2.07. The smallest absolute Gasteiger partial charge is 0.180 e. The second kappa shape index (κ2) is 5.27. The zero-order valence-electron chi connectivity index (χ0n) is 11.8. The number of rotatable bonds is 4. The zero-order chi connectivity index (χ0) is 15.0. The number of hydrogen-bond acceptors (Lipinski definition) is 5. The van der Waals surface area contributed by atoms with E-state index in [2.05, 4.69) is 0 Å². The molecule has 1 saturated heterocycles. The number of carbonyl (C=O) groups is 1. The number of Topliss-reactive ketones (excluding diaryl/α,β-unsaturated/α-hetero) is 1. The van der Waals surface area contributed by atoms with Crippen molar-refractivity contribution in [3.05, 3.63) is 36.1 Å². The van der Waals surface area contributed by atoms with Crippen molar-refractivity contribution in [1.29, 1.82) is 0 Å². The summed E-state index contributed by atoms with van der Waals surface area (Å²) in [5.41, 5.74) is 1.24. The molecule has 5 nitrogen and oxygen atoms in total. The van der Waals surface area contributed by atoms with Crippen LogP contribution in [-0.2, 0) is 9.84 Å². The summed E-state index contributed by atoms with van der Waals surface area (Å²) in [4.78, 5) is 14.2. The fraction of sp³-hybridized carbons (Fsp3) is 0.400. The Balaban J connectivity index is 1.74. The highest BCUT2D eigenvalue weighted by molar-refractivity contribution is 7.91. The first-order valence-corrected chi connectivity index (χ1v) is 8.68. The Kier molecular flexibility index (Phi) is 3.59. The molecule has 21 heavy (non-hydrogen) atoms. The fourth-order valence-corrected chi connectivity index (χ4v) is 4.56. The van der Waals surface area contributed by atoms with Gasteiger partial charge in [0.15, 0.2) is 15.6 Å². The van der Waals surface area contributed by atoms with Crippen molar-refractivity contribution < 1.29 is 17.6 Å². The van der Waals surface area contributed by atoms with Gasteiger partial charge >= 0.3 is 0 Å². The molecule has 1 aromatic heterocycles.